The zero-order valence-electron chi connectivity index (χ0n) is 18.2. The summed E-state index contributed by atoms with van der Waals surface area (Å²) in [5.74, 6) is 0.432. The van der Waals surface area contributed by atoms with Crippen molar-refractivity contribution in [3.8, 4) is 28.4 Å². The third-order valence-corrected chi connectivity index (χ3v) is 6.30. The van der Waals surface area contributed by atoms with Gasteiger partial charge in [-0.25, -0.2) is 9.37 Å². The van der Waals surface area contributed by atoms with Crippen LogP contribution in [0.2, 0.25) is 0 Å². The van der Waals surface area contributed by atoms with Crippen LogP contribution in [0.5, 0.6) is 5.75 Å². The van der Waals surface area contributed by atoms with E-state index in [0.717, 1.165) is 36.2 Å². The summed E-state index contributed by atoms with van der Waals surface area (Å²) in [5, 5.41) is 21.2. The lowest BCUT2D eigenvalue weighted by Gasteiger charge is -2.22. The third-order valence-electron chi connectivity index (χ3n) is 6.30. The third kappa shape index (κ3) is 3.48. The minimum Gasteiger partial charge on any atom is -0.508 e. The summed E-state index contributed by atoms with van der Waals surface area (Å²) < 4.78 is 15.5. The number of nitrogens with one attached hydrogen (secondary N) is 3. The van der Waals surface area contributed by atoms with Crippen molar-refractivity contribution in [1.29, 1.82) is 0 Å². The van der Waals surface area contributed by atoms with Crippen LogP contribution in [-0.2, 0) is 6.42 Å². The first kappa shape index (κ1) is 20.5. The van der Waals surface area contributed by atoms with Crippen LogP contribution >= 0.6 is 0 Å². The number of aromatic nitrogens is 4. The number of aromatic amines is 2. The second-order valence-corrected chi connectivity index (χ2v) is 8.21. The summed E-state index contributed by atoms with van der Waals surface area (Å²) in [5.41, 5.74) is 5.28. The lowest BCUT2D eigenvalue weighted by molar-refractivity contribution is 0.474. The van der Waals surface area contributed by atoms with Crippen molar-refractivity contribution in [3.05, 3.63) is 59.7 Å². The molecule has 2 aromatic heterocycles. The van der Waals surface area contributed by atoms with Gasteiger partial charge >= 0.3 is 0 Å². The van der Waals surface area contributed by atoms with E-state index in [2.05, 4.69) is 38.5 Å². The molecule has 4 N–H and O–H groups in total. The average Bonchev–Trinajstić information content (AvgIpc) is 3.47. The van der Waals surface area contributed by atoms with Gasteiger partial charge < -0.3 is 15.4 Å². The summed E-state index contributed by atoms with van der Waals surface area (Å²) in [6.45, 7) is 5.01. The highest BCUT2D eigenvalue weighted by molar-refractivity contribution is 5.94. The first-order valence-corrected chi connectivity index (χ1v) is 11.1. The highest BCUT2D eigenvalue weighted by Gasteiger charge is 2.20. The van der Waals surface area contributed by atoms with E-state index in [-0.39, 0.29) is 17.1 Å². The van der Waals surface area contributed by atoms with Crippen LogP contribution in [0.25, 0.3) is 39.1 Å². The van der Waals surface area contributed by atoms with Crippen LogP contribution in [0, 0.1) is 5.82 Å². The number of aryl methyl sites for hydroxylation is 1. The van der Waals surface area contributed by atoms with Gasteiger partial charge in [-0.05, 0) is 54.2 Å². The Morgan fingerprint density at radius 1 is 1.16 bits per heavy atom. The highest BCUT2D eigenvalue weighted by Crippen LogP contribution is 2.35. The van der Waals surface area contributed by atoms with E-state index in [1.807, 2.05) is 19.2 Å². The summed E-state index contributed by atoms with van der Waals surface area (Å²) in [6, 6.07) is 9.12. The Labute approximate surface area is 185 Å². The number of phenolic OH excluding ortho intramolecular Hbond substituents is 1. The van der Waals surface area contributed by atoms with Crippen LogP contribution in [-0.4, -0.2) is 37.9 Å². The molecule has 0 aliphatic carbocycles. The molecule has 1 aliphatic heterocycles. The Morgan fingerprint density at radius 2 is 2.00 bits per heavy atom. The molecule has 7 heteroatoms. The lowest BCUT2D eigenvalue weighted by atomic mass is 9.96. The molecule has 0 radical (unpaired) electrons. The molecule has 5 rings (SSSR count). The van der Waals surface area contributed by atoms with Gasteiger partial charge in [-0.15, -0.1) is 0 Å². The fourth-order valence-corrected chi connectivity index (χ4v) is 4.46. The van der Waals surface area contributed by atoms with E-state index in [1.165, 1.54) is 5.57 Å². The predicted octanol–water partition coefficient (Wildman–Crippen LogP) is 5.18. The number of nitrogens with zero attached hydrogens (tertiary/aromatic N) is 2. The lowest BCUT2D eigenvalue weighted by Crippen LogP contribution is -2.32. The van der Waals surface area contributed by atoms with E-state index in [1.54, 1.807) is 24.3 Å². The van der Waals surface area contributed by atoms with Crippen molar-refractivity contribution in [2.45, 2.75) is 39.2 Å². The Hall–Kier alpha value is -3.45. The van der Waals surface area contributed by atoms with Crippen LogP contribution in [0.3, 0.4) is 0 Å². The van der Waals surface area contributed by atoms with Crippen molar-refractivity contribution < 1.29 is 9.50 Å². The molecule has 0 saturated heterocycles. The molecule has 0 fully saturated rings. The SMILES string of the molecule is CCc1cc(O)ccc1-c1ccc2c(-c3ncc(C4=CCNC(CC)C4)[nH]3)[nH]nc2c1F. The van der Waals surface area contributed by atoms with Gasteiger partial charge in [0.2, 0.25) is 0 Å². The summed E-state index contributed by atoms with van der Waals surface area (Å²) in [4.78, 5) is 7.93. The van der Waals surface area contributed by atoms with Gasteiger partial charge in [0.1, 0.15) is 17.0 Å². The zero-order valence-corrected chi connectivity index (χ0v) is 18.2. The van der Waals surface area contributed by atoms with E-state index < -0.39 is 0 Å². The van der Waals surface area contributed by atoms with Crippen molar-refractivity contribution in [2.24, 2.45) is 0 Å². The van der Waals surface area contributed by atoms with Gasteiger partial charge in [0.05, 0.1) is 11.9 Å². The van der Waals surface area contributed by atoms with Gasteiger partial charge in [0.25, 0.3) is 0 Å². The van der Waals surface area contributed by atoms with Gasteiger partial charge in [-0.3, -0.25) is 5.10 Å². The molecule has 4 aromatic rings. The largest absolute Gasteiger partial charge is 0.508 e. The summed E-state index contributed by atoms with van der Waals surface area (Å²) in [6.07, 6.45) is 6.73. The van der Waals surface area contributed by atoms with Crippen molar-refractivity contribution in [1.82, 2.24) is 25.5 Å². The number of hydrogen-bond acceptors (Lipinski definition) is 4. The van der Waals surface area contributed by atoms with Crippen molar-refractivity contribution in [3.63, 3.8) is 0 Å². The number of rotatable bonds is 5. The van der Waals surface area contributed by atoms with Gasteiger partial charge in [0.15, 0.2) is 11.6 Å². The molecule has 3 heterocycles. The van der Waals surface area contributed by atoms with E-state index in [0.29, 0.717) is 34.9 Å². The molecule has 32 heavy (non-hydrogen) atoms. The first-order valence-electron chi connectivity index (χ1n) is 11.1. The number of hydrogen-bond donors (Lipinski definition) is 4. The van der Waals surface area contributed by atoms with Crippen LogP contribution in [0.15, 0.2) is 42.6 Å². The molecule has 1 atom stereocenters. The quantitative estimate of drug-likeness (QED) is 0.350. The minimum atomic E-state index is -0.385. The molecule has 2 aromatic carbocycles. The number of aromatic hydroxyl groups is 1. The number of imidazole rings is 1. The summed E-state index contributed by atoms with van der Waals surface area (Å²) >= 11 is 0. The zero-order chi connectivity index (χ0) is 22.2. The molecule has 1 aliphatic rings. The predicted molar refractivity (Wildman–Crippen MR) is 125 cm³/mol. The molecule has 0 saturated carbocycles. The average molecular weight is 432 g/mol. The fourth-order valence-electron chi connectivity index (χ4n) is 4.46. The number of halogens is 1. The van der Waals surface area contributed by atoms with Crippen molar-refractivity contribution >= 4 is 16.5 Å². The van der Waals surface area contributed by atoms with E-state index in [4.69, 9.17) is 0 Å². The maximum absolute atomic E-state index is 15.5. The van der Waals surface area contributed by atoms with Gasteiger partial charge in [-0.1, -0.05) is 32.1 Å². The Bertz CT molecular complexity index is 1320. The van der Waals surface area contributed by atoms with E-state index in [9.17, 15) is 5.11 Å². The van der Waals surface area contributed by atoms with Crippen LogP contribution in [0.1, 0.15) is 37.9 Å². The topological polar surface area (TPSA) is 89.6 Å². The Morgan fingerprint density at radius 3 is 2.81 bits per heavy atom. The standard InChI is InChI=1S/C25H26FN5O/c1-3-14-12-17(32)5-6-18(14)19-7-8-20-23(22(19)26)30-31-24(20)25-28-13-21(29-25)15-9-10-27-16(4-2)11-15/h5-9,12-13,16,27,32H,3-4,10-11H2,1-2H3,(H,28,29)(H,30,31). The van der Waals surface area contributed by atoms with Gasteiger partial charge in [0, 0.05) is 23.5 Å². The van der Waals surface area contributed by atoms with Crippen molar-refractivity contribution in [2.75, 3.05) is 6.54 Å². The first-order chi connectivity index (χ1) is 15.6. The maximum Gasteiger partial charge on any atom is 0.159 e. The second-order valence-electron chi connectivity index (χ2n) is 8.21. The number of phenols is 1. The molecule has 1 unspecified atom stereocenters. The maximum atomic E-state index is 15.5. The normalized spacial score (nSPS) is 16.5. The molecule has 0 spiro atoms. The summed E-state index contributed by atoms with van der Waals surface area (Å²) in [7, 11) is 0. The second kappa shape index (κ2) is 8.24. The molecular formula is C25H26FN5O. The minimum absolute atomic E-state index is 0.178. The highest BCUT2D eigenvalue weighted by atomic mass is 19.1. The Kier molecular flexibility index (Phi) is 5.27. The monoisotopic (exact) mass is 431 g/mol. The van der Waals surface area contributed by atoms with Gasteiger partial charge in [-0.2, -0.15) is 5.10 Å². The Balaban J connectivity index is 1.52. The molecule has 6 nitrogen and oxygen atoms in total. The van der Waals surface area contributed by atoms with Crippen LogP contribution < -0.4 is 5.32 Å². The number of fused-ring (bicyclic) bond motifs is 1. The number of H-pyrrole nitrogens is 2. The smallest absolute Gasteiger partial charge is 0.159 e. The van der Waals surface area contributed by atoms with Crippen LogP contribution in [0.4, 0.5) is 4.39 Å². The number of benzene rings is 2. The fraction of sp³-hybridized carbons (Fsp3) is 0.280. The molecule has 0 amide bonds. The molecule has 0 bridgehead atoms. The van der Waals surface area contributed by atoms with E-state index >= 15 is 4.39 Å². The molecular weight excluding hydrogens is 405 g/mol. The molecule has 164 valence electrons.